The van der Waals surface area contributed by atoms with Gasteiger partial charge in [0.25, 0.3) is 0 Å². The summed E-state index contributed by atoms with van der Waals surface area (Å²) in [6.45, 7) is 3.64. The van der Waals surface area contributed by atoms with Crippen LogP contribution < -0.4 is 10.1 Å². The van der Waals surface area contributed by atoms with E-state index in [2.05, 4.69) is 21.2 Å². The Balaban J connectivity index is 3.10. The zero-order valence-corrected chi connectivity index (χ0v) is 9.88. The highest BCUT2D eigenvalue weighted by Crippen LogP contribution is 2.30. The monoisotopic (exact) mass is 259 g/mol. The minimum absolute atomic E-state index is 0.147. The molecular formula is C11H12F3N3O. The van der Waals surface area contributed by atoms with E-state index in [9.17, 15) is 13.2 Å². The van der Waals surface area contributed by atoms with Crippen LogP contribution >= 0.6 is 0 Å². The van der Waals surface area contributed by atoms with Gasteiger partial charge in [-0.05, 0) is 13.8 Å². The Labute approximate surface area is 103 Å². The predicted molar refractivity (Wildman–Crippen MR) is 60.1 cm³/mol. The van der Waals surface area contributed by atoms with Crippen LogP contribution in [0.15, 0.2) is 6.07 Å². The Morgan fingerprint density at radius 2 is 2.17 bits per heavy atom. The zero-order chi connectivity index (χ0) is 13.8. The Bertz CT molecular complexity index is 454. The summed E-state index contributed by atoms with van der Waals surface area (Å²) in [6, 6.07) is 0.717. The first kappa shape index (κ1) is 14.1. The molecule has 18 heavy (non-hydrogen) atoms. The van der Waals surface area contributed by atoms with Crippen molar-refractivity contribution in [2.24, 2.45) is 0 Å². The second kappa shape index (κ2) is 5.58. The highest BCUT2D eigenvalue weighted by atomic mass is 19.4. The predicted octanol–water partition coefficient (Wildman–Crippen LogP) is 2.33. The lowest BCUT2D eigenvalue weighted by Crippen LogP contribution is -2.15. The van der Waals surface area contributed by atoms with Crippen molar-refractivity contribution in [2.45, 2.75) is 26.1 Å². The fourth-order valence-corrected chi connectivity index (χ4v) is 1.08. The van der Waals surface area contributed by atoms with Crippen molar-refractivity contribution >= 4 is 5.95 Å². The molecule has 0 aliphatic carbocycles. The van der Waals surface area contributed by atoms with E-state index in [1.807, 2.05) is 0 Å². The number of anilines is 1. The van der Waals surface area contributed by atoms with Gasteiger partial charge in [-0.1, -0.05) is 5.92 Å². The normalized spacial score (nSPS) is 12.7. The van der Waals surface area contributed by atoms with Crippen molar-refractivity contribution in [3.05, 3.63) is 11.8 Å². The fraction of sp³-hybridized carbons (Fsp3) is 0.455. The van der Waals surface area contributed by atoms with Gasteiger partial charge in [0.1, 0.15) is 0 Å². The number of hydrogen-bond acceptors (Lipinski definition) is 4. The van der Waals surface area contributed by atoms with Gasteiger partial charge in [0.05, 0.1) is 0 Å². The summed E-state index contributed by atoms with van der Waals surface area (Å²) in [5.41, 5.74) is -1.08. The molecule has 0 saturated heterocycles. The maximum Gasteiger partial charge on any atom is 0.433 e. The molecule has 98 valence electrons. The molecule has 0 radical (unpaired) electrons. The molecule has 0 aliphatic rings. The van der Waals surface area contributed by atoms with E-state index in [0.717, 1.165) is 0 Å². The SMILES string of the molecule is C#CC(C)Oc1cc(C(F)(F)F)nc(NCC)n1. The molecule has 0 fully saturated rings. The van der Waals surface area contributed by atoms with Crippen molar-refractivity contribution in [1.29, 1.82) is 0 Å². The number of alkyl halides is 3. The van der Waals surface area contributed by atoms with E-state index < -0.39 is 18.0 Å². The molecule has 0 spiro atoms. The number of terminal acetylenes is 1. The number of nitrogens with zero attached hydrogens (tertiary/aromatic N) is 2. The minimum atomic E-state index is -4.56. The van der Waals surface area contributed by atoms with Gasteiger partial charge < -0.3 is 10.1 Å². The standard InChI is InChI=1S/C11H12F3N3O/c1-4-7(3)18-9-6-8(11(12,13)14)16-10(17-9)15-5-2/h1,6-7H,5H2,2-3H3,(H,15,16,17). The summed E-state index contributed by atoms with van der Waals surface area (Å²) in [5, 5.41) is 2.60. The first-order chi connectivity index (χ1) is 8.36. The summed E-state index contributed by atoms with van der Waals surface area (Å²) < 4.78 is 42.8. The van der Waals surface area contributed by atoms with Gasteiger partial charge in [0.15, 0.2) is 11.8 Å². The molecule has 7 heteroatoms. The average molecular weight is 259 g/mol. The molecule has 1 N–H and O–H groups in total. The lowest BCUT2D eigenvalue weighted by molar-refractivity contribution is -0.141. The van der Waals surface area contributed by atoms with E-state index in [4.69, 9.17) is 11.2 Å². The van der Waals surface area contributed by atoms with Gasteiger partial charge in [-0.3, -0.25) is 0 Å². The lowest BCUT2D eigenvalue weighted by atomic mass is 10.4. The number of ether oxygens (including phenoxy) is 1. The summed E-state index contributed by atoms with van der Waals surface area (Å²) in [4.78, 5) is 7.13. The number of halogens is 3. The third-order valence-electron chi connectivity index (χ3n) is 1.86. The maximum atomic E-state index is 12.6. The van der Waals surface area contributed by atoms with Gasteiger partial charge in [-0.25, -0.2) is 4.98 Å². The molecule has 1 unspecified atom stereocenters. The van der Waals surface area contributed by atoms with Crippen molar-refractivity contribution in [2.75, 3.05) is 11.9 Å². The van der Waals surface area contributed by atoms with Crippen molar-refractivity contribution < 1.29 is 17.9 Å². The topological polar surface area (TPSA) is 47.0 Å². The lowest BCUT2D eigenvalue weighted by Gasteiger charge is -2.12. The van der Waals surface area contributed by atoms with Gasteiger partial charge in [-0.2, -0.15) is 18.2 Å². The quantitative estimate of drug-likeness (QED) is 0.843. The molecule has 1 heterocycles. The van der Waals surface area contributed by atoms with Gasteiger partial charge in [0, 0.05) is 12.6 Å². The van der Waals surface area contributed by atoms with E-state index in [-0.39, 0.29) is 11.8 Å². The smallest absolute Gasteiger partial charge is 0.433 e. The highest BCUT2D eigenvalue weighted by molar-refractivity contribution is 5.32. The van der Waals surface area contributed by atoms with E-state index >= 15 is 0 Å². The third kappa shape index (κ3) is 3.80. The van der Waals surface area contributed by atoms with Crippen molar-refractivity contribution in [3.63, 3.8) is 0 Å². The van der Waals surface area contributed by atoms with Gasteiger partial charge in [0.2, 0.25) is 11.8 Å². The summed E-state index contributed by atoms with van der Waals surface area (Å²) in [6.07, 6.45) is -0.152. The number of aromatic nitrogens is 2. The van der Waals surface area contributed by atoms with Gasteiger partial charge >= 0.3 is 6.18 Å². The molecule has 0 bridgehead atoms. The van der Waals surface area contributed by atoms with Gasteiger partial charge in [-0.15, -0.1) is 6.42 Å². The van der Waals surface area contributed by atoms with Crippen LogP contribution in [0.4, 0.5) is 19.1 Å². The molecule has 1 rings (SSSR count). The summed E-state index contributed by atoms with van der Waals surface area (Å²) in [5.74, 6) is 1.88. The molecule has 0 amide bonds. The van der Waals surface area contributed by atoms with Crippen LogP contribution in [0, 0.1) is 12.3 Å². The van der Waals surface area contributed by atoms with Crippen molar-refractivity contribution in [1.82, 2.24) is 9.97 Å². The van der Waals surface area contributed by atoms with Crippen molar-refractivity contribution in [3.8, 4) is 18.2 Å². The van der Waals surface area contributed by atoms with E-state index in [1.165, 1.54) is 6.92 Å². The second-order valence-corrected chi connectivity index (χ2v) is 3.37. The zero-order valence-electron chi connectivity index (χ0n) is 9.88. The van der Waals surface area contributed by atoms with E-state index in [0.29, 0.717) is 12.6 Å². The van der Waals surface area contributed by atoms with Crippen LogP contribution in [0.25, 0.3) is 0 Å². The van der Waals surface area contributed by atoms with Crippen LogP contribution in [0.2, 0.25) is 0 Å². The molecule has 4 nitrogen and oxygen atoms in total. The van der Waals surface area contributed by atoms with Crippen LogP contribution in [-0.4, -0.2) is 22.6 Å². The number of nitrogens with one attached hydrogen (secondary N) is 1. The molecular weight excluding hydrogens is 247 g/mol. The molecule has 1 aromatic rings. The van der Waals surface area contributed by atoms with Crippen LogP contribution in [0.5, 0.6) is 5.88 Å². The molecule has 0 saturated carbocycles. The molecule has 1 atom stereocenters. The Morgan fingerprint density at radius 1 is 1.50 bits per heavy atom. The first-order valence-corrected chi connectivity index (χ1v) is 5.19. The molecule has 0 aromatic carbocycles. The minimum Gasteiger partial charge on any atom is -0.461 e. The fourth-order valence-electron chi connectivity index (χ4n) is 1.08. The Hall–Kier alpha value is -1.97. The van der Waals surface area contributed by atoms with Crippen LogP contribution in [0.1, 0.15) is 19.5 Å². The maximum absolute atomic E-state index is 12.6. The van der Waals surface area contributed by atoms with Crippen LogP contribution in [0.3, 0.4) is 0 Å². The third-order valence-corrected chi connectivity index (χ3v) is 1.86. The average Bonchev–Trinajstić information content (AvgIpc) is 2.27. The summed E-state index contributed by atoms with van der Waals surface area (Å²) >= 11 is 0. The largest absolute Gasteiger partial charge is 0.461 e. The molecule has 1 aromatic heterocycles. The second-order valence-electron chi connectivity index (χ2n) is 3.37. The van der Waals surface area contributed by atoms with Crippen LogP contribution in [-0.2, 0) is 6.18 Å². The Morgan fingerprint density at radius 3 is 2.67 bits per heavy atom. The highest BCUT2D eigenvalue weighted by Gasteiger charge is 2.34. The summed E-state index contributed by atoms with van der Waals surface area (Å²) in [7, 11) is 0. The number of rotatable bonds is 4. The first-order valence-electron chi connectivity index (χ1n) is 5.19. The molecule has 0 aliphatic heterocycles. The van der Waals surface area contributed by atoms with E-state index in [1.54, 1.807) is 6.92 Å². The Kier molecular flexibility index (Phi) is 4.37. The number of hydrogen-bond donors (Lipinski definition) is 1.